The van der Waals surface area contributed by atoms with Gasteiger partial charge in [0.1, 0.15) is 11.8 Å². The molecule has 0 saturated carbocycles. The summed E-state index contributed by atoms with van der Waals surface area (Å²) in [7, 11) is 0. The van der Waals surface area contributed by atoms with Crippen LogP contribution in [0.25, 0.3) is 0 Å². The Labute approximate surface area is 99.0 Å². The lowest BCUT2D eigenvalue weighted by Crippen LogP contribution is -2.07. The maximum Gasteiger partial charge on any atom is 0.137 e. The van der Waals surface area contributed by atoms with Gasteiger partial charge in [-0.25, -0.2) is 0 Å². The fourth-order valence-corrected chi connectivity index (χ4v) is 1.43. The Hall–Kier alpha value is -1.01. The molecule has 0 saturated heterocycles. The average Bonchev–Trinajstić information content (AvgIpc) is 2.26. The molecule has 1 atom stereocenters. The van der Waals surface area contributed by atoms with Crippen molar-refractivity contribution in [2.75, 3.05) is 6.61 Å². The maximum atomic E-state index is 8.91. The second-order valence-electron chi connectivity index (χ2n) is 3.58. The van der Waals surface area contributed by atoms with E-state index >= 15 is 0 Å². The highest BCUT2D eigenvalue weighted by Gasteiger charge is 2.05. The van der Waals surface area contributed by atoms with Gasteiger partial charge in [0.05, 0.1) is 12.2 Å². The van der Waals surface area contributed by atoms with Crippen LogP contribution < -0.4 is 4.74 Å². The predicted octanol–water partition coefficient (Wildman–Crippen LogP) is 3.75. The minimum atomic E-state index is 0.514. The van der Waals surface area contributed by atoms with Crippen LogP contribution in [0.5, 0.6) is 5.75 Å². The number of nitrogens with zero attached hydrogens (tertiary/aromatic N) is 1. The predicted molar refractivity (Wildman–Crippen MR) is 63.8 cm³/mol. The molecular weight excluding hydrogens is 254 g/mol. The molecule has 0 aliphatic heterocycles. The summed E-state index contributed by atoms with van der Waals surface area (Å²) in [5, 5.41) is 8.91. The van der Waals surface area contributed by atoms with Gasteiger partial charge < -0.3 is 4.74 Å². The van der Waals surface area contributed by atoms with Crippen LogP contribution in [0.3, 0.4) is 0 Å². The van der Waals surface area contributed by atoms with Crippen molar-refractivity contribution in [2.45, 2.75) is 20.3 Å². The van der Waals surface area contributed by atoms with Crippen LogP contribution in [-0.4, -0.2) is 6.61 Å². The van der Waals surface area contributed by atoms with Gasteiger partial charge in [-0.15, -0.1) is 0 Å². The third kappa shape index (κ3) is 3.56. The van der Waals surface area contributed by atoms with Crippen LogP contribution in [0.2, 0.25) is 0 Å². The second kappa shape index (κ2) is 5.77. The minimum Gasteiger partial charge on any atom is -0.492 e. The quantitative estimate of drug-likeness (QED) is 0.833. The van der Waals surface area contributed by atoms with E-state index in [1.807, 2.05) is 12.1 Å². The molecule has 0 N–H and O–H groups in total. The number of halogens is 1. The van der Waals surface area contributed by atoms with Gasteiger partial charge >= 0.3 is 0 Å². The van der Waals surface area contributed by atoms with Crippen molar-refractivity contribution in [1.29, 1.82) is 5.26 Å². The first-order chi connectivity index (χ1) is 7.17. The van der Waals surface area contributed by atoms with Crippen molar-refractivity contribution in [3.05, 3.63) is 28.2 Å². The Morgan fingerprint density at radius 2 is 2.27 bits per heavy atom. The fourth-order valence-electron chi connectivity index (χ4n) is 1.07. The molecule has 1 rings (SSSR count). The van der Waals surface area contributed by atoms with Gasteiger partial charge in [0.2, 0.25) is 0 Å². The van der Waals surface area contributed by atoms with Crippen LogP contribution in [0.15, 0.2) is 22.7 Å². The first-order valence-corrected chi connectivity index (χ1v) is 5.79. The van der Waals surface area contributed by atoms with Gasteiger partial charge in [0.25, 0.3) is 0 Å². The summed E-state index contributed by atoms with van der Waals surface area (Å²) in [6.07, 6.45) is 1.08. The van der Waals surface area contributed by atoms with Crippen molar-refractivity contribution in [3.63, 3.8) is 0 Å². The lowest BCUT2D eigenvalue weighted by atomic mass is 10.1. The van der Waals surface area contributed by atoms with E-state index in [1.54, 1.807) is 6.07 Å². The first kappa shape index (κ1) is 12.1. The summed E-state index contributed by atoms with van der Waals surface area (Å²) in [6.45, 7) is 4.92. The number of benzene rings is 1. The third-order valence-electron chi connectivity index (χ3n) is 2.28. The van der Waals surface area contributed by atoms with E-state index in [1.165, 1.54) is 0 Å². The normalized spacial score (nSPS) is 11.9. The molecule has 1 aromatic carbocycles. The van der Waals surface area contributed by atoms with Gasteiger partial charge in [-0.3, -0.25) is 0 Å². The minimum absolute atomic E-state index is 0.514. The first-order valence-electron chi connectivity index (χ1n) is 4.99. The molecule has 0 spiro atoms. The third-order valence-corrected chi connectivity index (χ3v) is 2.78. The molecule has 3 heteroatoms. The molecule has 0 aliphatic rings. The SMILES string of the molecule is CCC(C)COc1ccc(Br)cc1C#N. The molecule has 15 heavy (non-hydrogen) atoms. The molecule has 80 valence electrons. The van der Waals surface area contributed by atoms with E-state index in [2.05, 4.69) is 35.8 Å². The lowest BCUT2D eigenvalue weighted by Gasteiger charge is -2.11. The smallest absolute Gasteiger partial charge is 0.137 e. The molecule has 0 radical (unpaired) electrons. The number of nitriles is 1. The van der Waals surface area contributed by atoms with E-state index in [-0.39, 0.29) is 0 Å². The number of hydrogen-bond donors (Lipinski definition) is 0. The van der Waals surface area contributed by atoms with Crippen LogP contribution in [-0.2, 0) is 0 Å². The van der Waals surface area contributed by atoms with Crippen molar-refractivity contribution >= 4 is 15.9 Å². The van der Waals surface area contributed by atoms with Crippen molar-refractivity contribution in [3.8, 4) is 11.8 Å². The highest BCUT2D eigenvalue weighted by atomic mass is 79.9. The topological polar surface area (TPSA) is 33.0 Å². The average molecular weight is 268 g/mol. The number of hydrogen-bond acceptors (Lipinski definition) is 2. The Kier molecular flexibility index (Phi) is 4.64. The summed E-state index contributed by atoms with van der Waals surface area (Å²) in [5.41, 5.74) is 0.577. The molecule has 0 aromatic heterocycles. The Morgan fingerprint density at radius 1 is 1.53 bits per heavy atom. The summed E-state index contributed by atoms with van der Waals surface area (Å²) in [5.74, 6) is 1.18. The van der Waals surface area contributed by atoms with Crippen molar-refractivity contribution in [1.82, 2.24) is 0 Å². The van der Waals surface area contributed by atoms with Crippen LogP contribution >= 0.6 is 15.9 Å². The molecule has 0 amide bonds. The highest BCUT2D eigenvalue weighted by molar-refractivity contribution is 9.10. The van der Waals surface area contributed by atoms with Gasteiger partial charge in [-0.2, -0.15) is 5.26 Å². The molecule has 2 nitrogen and oxygen atoms in total. The highest BCUT2D eigenvalue weighted by Crippen LogP contribution is 2.23. The molecule has 1 unspecified atom stereocenters. The molecular formula is C12H14BrNO. The van der Waals surface area contributed by atoms with Crippen LogP contribution in [0, 0.1) is 17.2 Å². The molecule has 0 heterocycles. The zero-order valence-corrected chi connectivity index (χ0v) is 10.5. The Balaban J connectivity index is 2.73. The fraction of sp³-hybridized carbons (Fsp3) is 0.417. The summed E-state index contributed by atoms with van der Waals surface area (Å²) >= 11 is 3.32. The molecule has 0 aliphatic carbocycles. The summed E-state index contributed by atoms with van der Waals surface area (Å²) in [4.78, 5) is 0. The van der Waals surface area contributed by atoms with Crippen LogP contribution in [0.1, 0.15) is 25.8 Å². The van der Waals surface area contributed by atoms with Gasteiger partial charge in [0.15, 0.2) is 0 Å². The number of ether oxygens (including phenoxy) is 1. The number of rotatable bonds is 4. The van der Waals surface area contributed by atoms with Gasteiger partial charge in [0, 0.05) is 4.47 Å². The van der Waals surface area contributed by atoms with E-state index in [9.17, 15) is 0 Å². The van der Waals surface area contributed by atoms with E-state index in [4.69, 9.17) is 10.00 Å². The second-order valence-corrected chi connectivity index (χ2v) is 4.49. The van der Waals surface area contributed by atoms with Gasteiger partial charge in [-0.05, 0) is 24.1 Å². The van der Waals surface area contributed by atoms with Crippen molar-refractivity contribution in [2.24, 2.45) is 5.92 Å². The summed E-state index contributed by atoms with van der Waals surface area (Å²) in [6, 6.07) is 7.60. The van der Waals surface area contributed by atoms with E-state index < -0.39 is 0 Å². The molecule has 0 fully saturated rings. The van der Waals surface area contributed by atoms with Crippen LogP contribution in [0.4, 0.5) is 0 Å². The summed E-state index contributed by atoms with van der Waals surface area (Å²) < 4.78 is 6.49. The van der Waals surface area contributed by atoms with E-state index in [0.29, 0.717) is 23.8 Å². The standard InChI is InChI=1S/C12H14BrNO/c1-3-9(2)8-15-12-5-4-11(13)6-10(12)7-14/h4-6,9H,3,8H2,1-2H3. The monoisotopic (exact) mass is 267 g/mol. The Bertz CT molecular complexity index is 370. The van der Waals surface area contributed by atoms with E-state index in [0.717, 1.165) is 10.9 Å². The lowest BCUT2D eigenvalue weighted by molar-refractivity contribution is 0.256. The Morgan fingerprint density at radius 3 is 2.87 bits per heavy atom. The zero-order chi connectivity index (χ0) is 11.3. The maximum absolute atomic E-state index is 8.91. The van der Waals surface area contributed by atoms with Gasteiger partial charge in [-0.1, -0.05) is 36.2 Å². The zero-order valence-electron chi connectivity index (χ0n) is 8.96. The largest absolute Gasteiger partial charge is 0.492 e. The van der Waals surface area contributed by atoms with Crippen molar-refractivity contribution < 1.29 is 4.74 Å². The molecule has 0 bridgehead atoms. The molecule has 1 aromatic rings.